The standard InChI is InChI=1S/C33H42N2O9S2/c1-6-34-27-16-14-23(45(38,39)40)21-25(27)32(2,3)29(34)11-10-12-30-33(4,18-20-44-5)26-22-24(46(41,42)43)15-17-28(26)35(30)19-9-7-8-13-31(36)37/h10-12,14-17,21-22H,6-9,13,18-20H2,1-5H3,(H2-,36,37,38,39,40,41,42,43)/p+1. The molecule has 0 aromatic heterocycles. The van der Waals surface area contributed by atoms with Crippen molar-refractivity contribution in [3.63, 3.8) is 0 Å². The highest BCUT2D eigenvalue weighted by atomic mass is 32.2. The lowest BCUT2D eigenvalue weighted by Crippen LogP contribution is -2.30. The number of carbonyl (C=O) groups is 1. The number of hydrogen-bond acceptors (Lipinski definition) is 7. The average Bonchev–Trinajstić information content (AvgIpc) is 3.34. The smallest absolute Gasteiger partial charge is 0.303 e. The molecule has 2 heterocycles. The van der Waals surface area contributed by atoms with Crippen molar-refractivity contribution < 1.29 is 45.2 Å². The van der Waals surface area contributed by atoms with Crippen molar-refractivity contribution in [2.24, 2.45) is 0 Å². The highest BCUT2D eigenvalue weighted by molar-refractivity contribution is 7.86. The first kappa shape index (κ1) is 35.5. The molecule has 250 valence electrons. The van der Waals surface area contributed by atoms with E-state index in [4.69, 9.17) is 9.84 Å². The lowest BCUT2D eigenvalue weighted by Gasteiger charge is -2.30. The zero-order chi connectivity index (χ0) is 34.1. The number of ether oxygens (including phenoxy) is 1. The highest BCUT2D eigenvalue weighted by Gasteiger charge is 2.45. The lowest BCUT2D eigenvalue weighted by atomic mass is 9.78. The normalized spacial score (nSPS) is 20.2. The van der Waals surface area contributed by atoms with Crippen molar-refractivity contribution in [1.29, 1.82) is 0 Å². The Balaban J connectivity index is 1.80. The van der Waals surface area contributed by atoms with Crippen LogP contribution in [0.15, 0.2) is 70.1 Å². The van der Waals surface area contributed by atoms with Gasteiger partial charge in [-0.1, -0.05) is 12.5 Å². The van der Waals surface area contributed by atoms with E-state index in [1.807, 2.05) is 45.9 Å². The molecule has 11 nitrogen and oxygen atoms in total. The van der Waals surface area contributed by atoms with Crippen LogP contribution in [0.3, 0.4) is 0 Å². The van der Waals surface area contributed by atoms with Crippen LogP contribution in [-0.4, -0.2) is 74.1 Å². The Bertz CT molecular complexity index is 1830. The number of rotatable bonds is 14. The molecule has 0 fully saturated rings. The predicted molar refractivity (Wildman–Crippen MR) is 176 cm³/mol. The van der Waals surface area contributed by atoms with Gasteiger partial charge in [0.05, 0.1) is 15.2 Å². The number of hydrogen-bond donors (Lipinski definition) is 3. The third-order valence-electron chi connectivity index (χ3n) is 9.07. The number of allylic oxidation sites excluding steroid dienone is 4. The number of anilines is 1. The van der Waals surface area contributed by atoms with E-state index in [9.17, 15) is 30.7 Å². The summed E-state index contributed by atoms with van der Waals surface area (Å²) in [4.78, 5) is 12.8. The summed E-state index contributed by atoms with van der Waals surface area (Å²) in [5.74, 6) is -0.841. The van der Waals surface area contributed by atoms with Crippen LogP contribution in [0, 0.1) is 0 Å². The Kier molecular flexibility index (Phi) is 10.3. The van der Waals surface area contributed by atoms with Gasteiger partial charge < -0.3 is 14.7 Å². The van der Waals surface area contributed by atoms with Crippen molar-refractivity contribution in [1.82, 2.24) is 0 Å². The predicted octanol–water partition coefficient (Wildman–Crippen LogP) is 5.48. The molecule has 2 aromatic carbocycles. The largest absolute Gasteiger partial charge is 0.481 e. The summed E-state index contributed by atoms with van der Waals surface area (Å²) in [5, 5.41) is 9.05. The molecule has 4 rings (SSSR count). The fourth-order valence-corrected chi connectivity index (χ4v) is 7.62. The van der Waals surface area contributed by atoms with Gasteiger partial charge in [0, 0.05) is 61.2 Å². The molecule has 46 heavy (non-hydrogen) atoms. The fourth-order valence-electron chi connectivity index (χ4n) is 6.61. The van der Waals surface area contributed by atoms with Gasteiger partial charge >= 0.3 is 5.97 Å². The summed E-state index contributed by atoms with van der Waals surface area (Å²) < 4.78 is 75.1. The summed E-state index contributed by atoms with van der Waals surface area (Å²) >= 11 is 0. The molecule has 0 aliphatic carbocycles. The van der Waals surface area contributed by atoms with E-state index in [1.54, 1.807) is 19.2 Å². The maximum absolute atomic E-state index is 12.1. The molecular formula is C33H43N2O9S2+. The van der Waals surface area contributed by atoms with Crippen LogP contribution in [0.2, 0.25) is 0 Å². The molecule has 2 aliphatic heterocycles. The number of carboxylic acids is 1. The van der Waals surface area contributed by atoms with Gasteiger partial charge in [-0.2, -0.15) is 21.4 Å². The Morgan fingerprint density at radius 2 is 1.59 bits per heavy atom. The lowest BCUT2D eigenvalue weighted by molar-refractivity contribution is -0.433. The van der Waals surface area contributed by atoms with Gasteiger partial charge in [-0.25, -0.2) is 0 Å². The molecule has 13 heteroatoms. The van der Waals surface area contributed by atoms with Crippen LogP contribution in [0.1, 0.15) is 70.9 Å². The summed E-state index contributed by atoms with van der Waals surface area (Å²) in [6.07, 6.45) is 8.45. The number of aliphatic carboxylic acids is 1. The van der Waals surface area contributed by atoms with E-state index >= 15 is 0 Å². The second kappa shape index (κ2) is 13.4. The summed E-state index contributed by atoms with van der Waals surface area (Å²) in [7, 11) is -7.23. The summed E-state index contributed by atoms with van der Waals surface area (Å²) in [6.45, 7) is 9.58. The van der Waals surface area contributed by atoms with Crippen molar-refractivity contribution in [2.45, 2.75) is 80.4 Å². The van der Waals surface area contributed by atoms with Gasteiger partial charge in [-0.15, -0.1) is 0 Å². The summed E-state index contributed by atoms with van der Waals surface area (Å²) in [6, 6.07) is 9.21. The Labute approximate surface area is 271 Å². The van der Waals surface area contributed by atoms with E-state index in [0.717, 1.165) is 33.9 Å². The first-order valence-electron chi connectivity index (χ1n) is 15.2. The first-order chi connectivity index (χ1) is 21.5. The van der Waals surface area contributed by atoms with Crippen LogP contribution < -0.4 is 4.90 Å². The molecule has 0 amide bonds. The van der Waals surface area contributed by atoms with Gasteiger partial charge in [-0.05, 0) is 88.9 Å². The third-order valence-corrected chi connectivity index (χ3v) is 10.8. The van der Waals surface area contributed by atoms with E-state index in [2.05, 4.69) is 9.48 Å². The number of fused-ring (bicyclic) bond motifs is 2. The van der Waals surface area contributed by atoms with Crippen LogP contribution >= 0.6 is 0 Å². The van der Waals surface area contributed by atoms with Crippen LogP contribution in [0.25, 0.3) is 0 Å². The number of carboxylic acid groups (broad SMARTS) is 1. The molecule has 1 atom stereocenters. The summed E-state index contributed by atoms with van der Waals surface area (Å²) in [5.41, 5.74) is 3.71. The quantitative estimate of drug-likeness (QED) is 0.133. The molecule has 0 radical (unpaired) electrons. The molecule has 2 aliphatic rings. The van der Waals surface area contributed by atoms with Crippen molar-refractivity contribution >= 4 is 43.3 Å². The van der Waals surface area contributed by atoms with Crippen molar-refractivity contribution in [3.8, 4) is 0 Å². The minimum Gasteiger partial charge on any atom is -0.481 e. The number of benzene rings is 2. The van der Waals surface area contributed by atoms with Crippen LogP contribution in [-0.2, 0) is 40.6 Å². The van der Waals surface area contributed by atoms with E-state index < -0.39 is 37.0 Å². The Morgan fingerprint density at radius 3 is 2.17 bits per heavy atom. The topological polar surface area (TPSA) is 162 Å². The van der Waals surface area contributed by atoms with Gasteiger partial charge in [-0.3, -0.25) is 13.9 Å². The Morgan fingerprint density at radius 1 is 0.957 bits per heavy atom. The first-order valence-corrected chi connectivity index (χ1v) is 18.1. The zero-order valence-corrected chi connectivity index (χ0v) is 28.5. The van der Waals surface area contributed by atoms with Crippen LogP contribution in [0.4, 0.5) is 11.4 Å². The van der Waals surface area contributed by atoms with E-state index in [1.165, 1.54) is 24.3 Å². The molecule has 1 unspecified atom stereocenters. The van der Waals surface area contributed by atoms with E-state index in [0.29, 0.717) is 45.4 Å². The second-order valence-corrected chi connectivity index (χ2v) is 15.2. The maximum Gasteiger partial charge on any atom is 0.303 e. The third kappa shape index (κ3) is 6.98. The molecule has 0 saturated carbocycles. The van der Waals surface area contributed by atoms with Crippen LogP contribution in [0.5, 0.6) is 0 Å². The molecule has 0 bridgehead atoms. The average molecular weight is 676 g/mol. The highest BCUT2D eigenvalue weighted by Crippen LogP contribution is 2.51. The molecular weight excluding hydrogens is 633 g/mol. The molecule has 2 aromatic rings. The number of methoxy groups -OCH3 is 1. The minimum atomic E-state index is -4.45. The maximum atomic E-state index is 12.1. The second-order valence-electron chi connectivity index (χ2n) is 12.4. The van der Waals surface area contributed by atoms with Crippen molar-refractivity contribution in [2.75, 3.05) is 31.7 Å². The van der Waals surface area contributed by atoms with Crippen molar-refractivity contribution in [3.05, 3.63) is 71.5 Å². The number of nitrogens with zero attached hydrogens (tertiary/aromatic N) is 2. The molecule has 0 saturated heterocycles. The van der Waals surface area contributed by atoms with Gasteiger partial charge in [0.15, 0.2) is 5.71 Å². The Hall–Kier alpha value is -3.36. The fraction of sp³-hybridized carbons (Fsp3) is 0.455. The van der Waals surface area contributed by atoms with Gasteiger partial charge in [0.2, 0.25) is 5.69 Å². The number of unbranched alkanes of at least 4 members (excludes halogenated alkanes) is 2. The monoisotopic (exact) mass is 675 g/mol. The van der Waals surface area contributed by atoms with Gasteiger partial charge in [0.1, 0.15) is 6.54 Å². The molecule has 3 N–H and O–H groups in total. The zero-order valence-electron chi connectivity index (χ0n) is 26.9. The minimum absolute atomic E-state index is 0.0851. The molecule has 0 spiro atoms. The van der Waals surface area contributed by atoms with Gasteiger partial charge in [0.25, 0.3) is 20.2 Å². The SMILES string of the molecule is CC[N+]1=C(C=CC=C2N(CCCCCC(=O)O)c3ccc(S(=O)(=O)O)cc3C2(C)CCOC)C(C)(C)c2cc(S(=O)(=O)O)ccc21. The van der Waals surface area contributed by atoms with E-state index in [-0.39, 0.29) is 16.2 Å².